The Morgan fingerprint density at radius 2 is 1.79 bits per heavy atom. The minimum Gasteiger partial charge on any atom is -0.379 e. The van der Waals surface area contributed by atoms with Gasteiger partial charge in [-0.1, -0.05) is 24.3 Å². The second kappa shape index (κ2) is 9.85. The van der Waals surface area contributed by atoms with Crippen LogP contribution in [0.4, 0.5) is 5.69 Å². The monoisotopic (exact) mass is 446 g/mol. The van der Waals surface area contributed by atoms with Crippen LogP contribution in [0.2, 0.25) is 0 Å². The van der Waals surface area contributed by atoms with Gasteiger partial charge in [0.05, 0.1) is 24.1 Å². The molecule has 2 aliphatic rings. The Morgan fingerprint density at radius 3 is 2.55 bits per heavy atom. The van der Waals surface area contributed by atoms with Gasteiger partial charge in [0.25, 0.3) is 5.56 Å². The summed E-state index contributed by atoms with van der Waals surface area (Å²) in [6, 6.07) is 15.7. The summed E-state index contributed by atoms with van der Waals surface area (Å²) < 4.78 is 7.20. The first-order valence-corrected chi connectivity index (χ1v) is 11.9. The van der Waals surface area contributed by atoms with Crippen molar-refractivity contribution in [1.82, 2.24) is 14.5 Å². The number of nitrogens with zero attached hydrogens (tertiary/aromatic N) is 3. The van der Waals surface area contributed by atoms with Gasteiger partial charge in [-0.2, -0.15) is 0 Å². The van der Waals surface area contributed by atoms with Crippen LogP contribution in [0.25, 0.3) is 10.9 Å². The van der Waals surface area contributed by atoms with Crippen LogP contribution in [0.15, 0.2) is 53.3 Å². The van der Waals surface area contributed by atoms with Gasteiger partial charge >= 0.3 is 0 Å². The van der Waals surface area contributed by atoms with Gasteiger partial charge in [-0.3, -0.25) is 19.1 Å². The molecule has 0 bridgehead atoms. The molecule has 7 nitrogen and oxygen atoms in total. The summed E-state index contributed by atoms with van der Waals surface area (Å²) in [6.45, 7) is 4.65. The van der Waals surface area contributed by atoms with Crippen molar-refractivity contribution in [3.63, 3.8) is 0 Å². The predicted molar refractivity (Wildman–Crippen MR) is 129 cm³/mol. The maximum Gasteiger partial charge on any atom is 0.261 e. The lowest BCUT2D eigenvalue weighted by Gasteiger charge is -2.26. The van der Waals surface area contributed by atoms with Crippen molar-refractivity contribution in [3.8, 4) is 0 Å². The second-order valence-electron chi connectivity index (χ2n) is 8.90. The number of hydrogen-bond donors (Lipinski definition) is 1. The van der Waals surface area contributed by atoms with E-state index in [4.69, 9.17) is 9.72 Å². The largest absolute Gasteiger partial charge is 0.379 e. The number of rotatable bonds is 8. The molecule has 5 rings (SSSR count). The molecule has 33 heavy (non-hydrogen) atoms. The summed E-state index contributed by atoms with van der Waals surface area (Å²) in [7, 11) is 0. The first-order chi connectivity index (χ1) is 16.2. The van der Waals surface area contributed by atoms with Crippen LogP contribution in [0.5, 0.6) is 0 Å². The third-order valence-corrected chi connectivity index (χ3v) is 6.43. The number of ether oxygens (including phenoxy) is 1. The highest BCUT2D eigenvalue weighted by atomic mass is 16.5. The van der Waals surface area contributed by atoms with E-state index in [1.165, 1.54) is 5.56 Å². The lowest BCUT2D eigenvalue weighted by molar-refractivity contribution is -0.116. The van der Waals surface area contributed by atoms with Gasteiger partial charge in [-0.25, -0.2) is 4.98 Å². The van der Waals surface area contributed by atoms with Gasteiger partial charge < -0.3 is 10.1 Å². The SMILES string of the molecule is O=C(CCc1nc2ccccc2c(=O)n1C1CC1)Nc1ccc(CCN2CCOCC2)cc1. The molecule has 7 heteroatoms. The van der Waals surface area contributed by atoms with Crippen LogP contribution in [-0.4, -0.2) is 53.2 Å². The number of carbonyl (C=O) groups excluding carboxylic acids is 1. The highest BCUT2D eigenvalue weighted by Gasteiger charge is 2.28. The maximum absolute atomic E-state index is 13.0. The van der Waals surface area contributed by atoms with E-state index in [0.29, 0.717) is 23.1 Å². The van der Waals surface area contributed by atoms with Gasteiger partial charge in [0.1, 0.15) is 5.82 Å². The smallest absolute Gasteiger partial charge is 0.261 e. The van der Waals surface area contributed by atoms with E-state index < -0.39 is 0 Å². The van der Waals surface area contributed by atoms with Gasteiger partial charge in [0.15, 0.2) is 0 Å². The van der Waals surface area contributed by atoms with Crippen LogP contribution in [-0.2, 0) is 22.4 Å². The Hall–Kier alpha value is -3.03. The summed E-state index contributed by atoms with van der Waals surface area (Å²) in [5.41, 5.74) is 2.75. The molecular weight excluding hydrogens is 416 g/mol. The van der Waals surface area contributed by atoms with Gasteiger partial charge in [0.2, 0.25) is 5.91 Å². The molecule has 0 atom stereocenters. The molecule has 1 aliphatic heterocycles. The molecule has 2 aromatic carbocycles. The number of aryl methyl sites for hydroxylation is 1. The normalized spacial score (nSPS) is 16.7. The molecule has 3 aromatic rings. The molecule has 1 aromatic heterocycles. The number of amides is 1. The molecule has 0 spiro atoms. The molecule has 1 N–H and O–H groups in total. The molecular formula is C26H30N4O3. The number of anilines is 1. The van der Waals surface area contributed by atoms with Crippen molar-refractivity contribution < 1.29 is 9.53 Å². The molecule has 1 saturated carbocycles. The van der Waals surface area contributed by atoms with Crippen LogP contribution in [0.3, 0.4) is 0 Å². The van der Waals surface area contributed by atoms with Crippen LogP contribution in [0.1, 0.15) is 36.7 Å². The topological polar surface area (TPSA) is 76.5 Å². The van der Waals surface area contributed by atoms with Crippen molar-refractivity contribution in [2.45, 2.75) is 38.1 Å². The maximum atomic E-state index is 13.0. The highest BCUT2D eigenvalue weighted by Crippen LogP contribution is 2.34. The number of nitrogens with one attached hydrogen (secondary N) is 1. The number of morpholine rings is 1. The minimum atomic E-state index is -0.0687. The summed E-state index contributed by atoms with van der Waals surface area (Å²) in [5.74, 6) is 0.635. The fourth-order valence-corrected chi connectivity index (χ4v) is 4.39. The molecule has 172 valence electrons. The Labute approximate surface area is 193 Å². The first-order valence-electron chi connectivity index (χ1n) is 11.9. The summed E-state index contributed by atoms with van der Waals surface area (Å²) in [5, 5.41) is 3.62. The number of benzene rings is 2. The van der Waals surface area contributed by atoms with E-state index >= 15 is 0 Å². The summed E-state index contributed by atoms with van der Waals surface area (Å²) in [6.07, 6.45) is 3.71. The Morgan fingerprint density at radius 1 is 1.03 bits per heavy atom. The van der Waals surface area contributed by atoms with Crippen molar-refractivity contribution in [1.29, 1.82) is 0 Å². The molecule has 1 saturated heterocycles. The van der Waals surface area contributed by atoms with E-state index in [1.807, 2.05) is 36.4 Å². The molecule has 0 unspecified atom stereocenters. The summed E-state index contributed by atoms with van der Waals surface area (Å²) >= 11 is 0. The summed E-state index contributed by atoms with van der Waals surface area (Å²) in [4.78, 5) is 32.7. The highest BCUT2D eigenvalue weighted by molar-refractivity contribution is 5.90. The quantitative estimate of drug-likeness (QED) is 0.575. The number of aromatic nitrogens is 2. The third kappa shape index (κ3) is 5.31. The molecule has 1 aliphatic carbocycles. The molecule has 2 fully saturated rings. The van der Waals surface area contributed by atoms with Crippen molar-refractivity contribution in [2.24, 2.45) is 0 Å². The van der Waals surface area contributed by atoms with E-state index in [-0.39, 0.29) is 23.9 Å². The van der Waals surface area contributed by atoms with Crippen molar-refractivity contribution in [3.05, 3.63) is 70.3 Å². The third-order valence-electron chi connectivity index (χ3n) is 6.43. The first kappa shape index (κ1) is 21.8. The average Bonchev–Trinajstić information content (AvgIpc) is 3.68. The Balaban J connectivity index is 1.18. The van der Waals surface area contributed by atoms with E-state index in [0.717, 1.165) is 57.8 Å². The number of para-hydroxylation sites is 1. The zero-order valence-corrected chi connectivity index (χ0v) is 18.8. The molecule has 2 heterocycles. The van der Waals surface area contributed by atoms with Crippen LogP contribution in [0, 0.1) is 0 Å². The lowest BCUT2D eigenvalue weighted by Crippen LogP contribution is -2.37. The lowest BCUT2D eigenvalue weighted by atomic mass is 10.1. The molecule has 0 radical (unpaired) electrons. The zero-order valence-electron chi connectivity index (χ0n) is 18.8. The van der Waals surface area contributed by atoms with Gasteiger partial charge in [-0.15, -0.1) is 0 Å². The fourth-order valence-electron chi connectivity index (χ4n) is 4.39. The second-order valence-corrected chi connectivity index (χ2v) is 8.90. The molecule has 1 amide bonds. The van der Waals surface area contributed by atoms with E-state index in [1.54, 1.807) is 4.57 Å². The van der Waals surface area contributed by atoms with Crippen molar-refractivity contribution >= 4 is 22.5 Å². The van der Waals surface area contributed by atoms with E-state index in [2.05, 4.69) is 22.3 Å². The zero-order chi connectivity index (χ0) is 22.6. The standard InChI is InChI=1S/C26H30N4O3/c31-25(27-20-7-5-19(6-8-20)13-14-29-15-17-33-18-16-29)12-11-24-28-23-4-2-1-3-22(23)26(32)30(24)21-9-10-21/h1-8,21H,9-18H2,(H,27,31). The van der Waals surface area contributed by atoms with Gasteiger partial charge in [0, 0.05) is 44.2 Å². The average molecular weight is 447 g/mol. The Kier molecular flexibility index (Phi) is 6.51. The predicted octanol–water partition coefficient (Wildman–Crippen LogP) is 3.18. The van der Waals surface area contributed by atoms with E-state index in [9.17, 15) is 9.59 Å². The van der Waals surface area contributed by atoms with Gasteiger partial charge in [-0.05, 0) is 49.1 Å². The van der Waals surface area contributed by atoms with Crippen LogP contribution >= 0.6 is 0 Å². The minimum absolute atomic E-state index is 0.00572. The number of carbonyl (C=O) groups is 1. The fraction of sp³-hybridized carbons (Fsp3) is 0.423. The number of fused-ring (bicyclic) bond motifs is 1. The number of hydrogen-bond acceptors (Lipinski definition) is 5. The van der Waals surface area contributed by atoms with Crippen molar-refractivity contribution in [2.75, 3.05) is 38.2 Å². The Bertz CT molecular complexity index is 1180. The van der Waals surface area contributed by atoms with Crippen LogP contribution < -0.4 is 10.9 Å².